The molecular weight excluding hydrogens is 255 g/mol. The molecule has 3 nitrogen and oxygen atoms in total. The van der Waals surface area contributed by atoms with E-state index in [2.05, 4.69) is 17.2 Å². The number of ether oxygens (including phenoxy) is 1. The highest BCUT2D eigenvalue weighted by atomic mass is 19.1. The molecule has 0 atom stereocenters. The van der Waals surface area contributed by atoms with Crippen molar-refractivity contribution in [2.75, 3.05) is 13.2 Å². The smallest absolute Gasteiger partial charge is 0.218 e. The van der Waals surface area contributed by atoms with Crippen LogP contribution in [-0.2, 0) is 6.54 Å². The maximum absolute atomic E-state index is 13.3. The third-order valence-corrected chi connectivity index (χ3v) is 3.81. The molecule has 1 aromatic rings. The van der Waals surface area contributed by atoms with E-state index in [0.717, 1.165) is 18.5 Å². The molecule has 0 unspecified atom stereocenters. The van der Waals surface area contributed by atoms with Crippen molar-refractivity contribution in [1.29, 1.82) is 0 Å². The van der Waals surface area contributed by atoms with Gasteiger partial charge in [0.15, 0.2) is 0 Å². The van der Waals surface area contributed by atoms with Crippen molar-refractivity contribution < 1.29 is 9.13 Å². The fourth-order valence-electron chi connectivity index (χ4n) is 2.68. The van der Waals surface area contributed by atoms with E-state index < -0.39 is 0 Å². The minimum atomic E-state index is -0.302. The number of aromatic nitrogens is 1. The third-order valence-electron chi connectivity index (χ3n) is 3.81. The predicted octanol–water partition coefficient (Wildman–Crippen LogP) is 3.68. The summed E-state index contributed by atoms with van der Waals surface area (Å²) < 4.78 is 19.1. The van der Waals surface area contributed by atoms with Crippen molar-refractivity contribution in [1.82, 2.24) is 10.3 Å². The molecule has 2 rings (SSSR count). The highest BCUT2D eigenvalue weighted by Crippen LogP contribution is 2.25. The van der Waals surface area contributed by atoms with E-state index in [4.69, 9.17) is 4.74 Å². The van der Waals surface area contributed by atoms with E-state index in [-0.39, 0.29) is 5.82 Å². The normalized spacial score (nSPS) is 16.3. The Balaban J connectivity index is 1.91. The van der Waals surface area contributed by atoms with Gasteiger partial charge in [0.05, 0.1) is 12.8 Å². The third kappa shape index (κ3) is 4.75. The number of hydrogen-bond donors (Lipinski definition) is 1. The first-order valence-electron chi connectivity index (χ1n) is 7.77. The lowest BCUT2D eigenvalue weighted by atomic mass is 9.90. The first kappa shape index (κ1) is 15.2. The fourth-order valence-corrected chi connectivity index (χ4v) is 2.68. The molecule has 20 heavy (non-hydrogen) atoms. The molecule has 1 fully saturated rings. The minimum Gasteiger partial charge on any atom is -0.477 e. The van der Waals surface area contributed by atoms with Crippen molar-refractivity contribution in [3.05, 3.63) is 23.6 Å². The maximum atomic E-state index is 13.3. The van der Waals surface area contributed by atoms with E-state index in [1.54, 1.807) is 0 Å². The summed E-state index contributed by atoms with van der Waals surface area (Å²) in [6.45, 7) is 4.34. The van der Waals surface area contributed by atoms with E-state index in [0.29, 0.717) is 24.9 Å². The molecular formula is C16H25FN2O. The average Bonchev–Trinajstić information content (AvgIpc) is 2.48. The van der Waals surface area contributed by atoms with Crippen LogP contribution in [0.5, 0.6) is 5.88 Å². The van der Waals surface area contributed by atoms with Gasteiger partial charge in [0.1, 0.15) is 5.82 Å². The summed E-state index contributed by atoms with van der Waals surface area (Å²) in [5.74, 6) is 0.913. The molecule has 0 bridgehead atoms. The first-order chi connectivity index (χ1) is 9.79. The standard InChI is InChI=1S/C16H25FN2O/c1-2-8-18-10-14-9-15(17)11-19-16(14)20-12-13-6-4-3-5-7-13/h9,11,13,18H,2-8,10,12H2,1H3. The largest absolute Gasteiger partial charge is 0.477 e. The summed E-state index contributed by atoms with van der Waals surface area (Å²) in [5.41, 5.74) is 0.814. The van der Waals surface area contributed by atoms with Crippen LogP contribution in [0.3, 0.4) is 0 Å². The van der Waals surface area contributed by atoms with E-state index in [9.17, 15) is 4.39 Å². The zero-order valence-corrected chi connectivity index (χ0v) is 12.3. The monoisotopic (exact) mass is 280 g/mol. The number of hydrogen-bond acceptors (Lipinski definition) is 3. The lowest BCUT2D eigenvalue weighted by Gasteiger charge is -2.22. The molecule has 0 spiro atoms. The second kappa shape index (κ2) is 8.20. The molecule has 0 radical (unpaired) electrons. The topological polar surface area (TPSA) is 34.2 Å². The Morgan fingerprint density at radius 3 is 2.90 bits per heavy atom. The molecule has 1 saturated carbocycles. The second-order valence-electron chi connectivity index (χ2n) is 5.61. The van der Waals surface area contributed by atoms with Crippen molar-refractivity contribution in [3.63, 3.8) is 0 Å². The van der Waals surface area contributed by atoms with Crippen LogP contribution < -0.4 is 10.1 Å². The van der Waals surface area contributed by atoms with Crippen LogP contribution in [0.2, 0.25) is 0 Å². The molecule has 1 aliphatic carbocycles. The van der Waals surface area contributed by atoms with E-state index in [1.165, 1.54) is 44.4 Å². The maximum Gasteiger partial charge on any atom is 0.218 e. The highest BCUT2D eigenvalue weighted by molar-refractivity contribution is 5.26. The molecule has 0 amide bonds. The summed E-state index contributed by atoms with van der Waals surface area (Å²) in [7, 11) is 0. The van der Waals surface area contributed by atoms with Crippen LogP contribution >= 0.6 is 0 Å². The van der Waals surface area contributed by atoms with Crippen LogP contribution in [-0.4, -0.2) is 18.1 Å². The van der Waals surface area contributed by atoms with Crippen molar-refractivity contribution in [2.24, 2.45) is 5.92 Å². The Kier molecular flexibility index (Phi) is 6.25. The summed E-state index contributed by atoms with van der Waals surface area (Å²) in [4.78, 5) is 4.10. The molecule has 1 heterocycles. The summed E-state index contributed by atoms with van der Waals surface area (Å²) in [6, 6.07) is 1.52. The van der Waals surface area contributed by atoms with Crippen LogP contribution in [0, 0.1) is 11.7 Å². The Labute approximate surface area is 120 Å². The molecule has 112 valence electrons. The molecule has 0 saturated heterocycles. The van der Waals surface area contributed by atoms with Crippen molar-refractivity contribution in [2.45, 2.75) is 52.0 Å². The van der Waals surface area contributed by atoms with Crippen LogP contribution in [0.1, 0.15) is 51.0 Å². The quantitative estimate of drug-likeness (QED) is 0.774. The van der Waals surface area contributed by atoms with Gasteiger partial charge in [0, 0.05) is 12.1 Å². The molecule has 0 aliphatic heterocycles. The van der Waals surface area contributed by atoms with Gasteiger partial charge in [-0.05, 0) is 37.8 Å². The SMILES string of the molecule is CCCNCc1cc(F)cnc1OCC1CCCCC1. The molecule has 1 N–H and O–H groups in total. The first-order valence-corrected chi connectivity index (χ1v) is 7.77. The highest BCUT2D eigenvalue weighted by Gasteiger charge is 2.15. The average molecular weight is 280 g/mol. The van der Waals surface area contributed by atoms with Gasteiger partial charge in [0.25, 0.3) is 0 Å². The van der Waals surface area contributed by atoms with Crippen LogP contribution in [0.25, 0.3) is 0 Å². The van der Waals surface area contributed by atoms with Crippen molar-refractivity contribution >= 4 is 0 Å². The lowest BCUT2D eigenvalue weighted by molar-refractivity contribution is 0.200. The molecule has 0 aromatic carbocycles. The fraction of sp³-hybridized carbons (Fsp3) is 0.688. The predicted molar refractivity (Wildman–Crippen MR) is 78.3 cm³/mol. The molecule has 1 aromatic heterocycles. The number of nitrogens with one attached hydrogen (secondary N) is 1. The zero-order valence-electron chi connectivity index (χ0n) is 12.3. The number of pyridine rings is 1. The Hall–Kier alpha value is -1.16. The van der Waals surface area contributed by atoms with E-state index >= 15 is 0 Å². The van der Waals surface area contributed by atoms with Gasteiger partial charge in [0.2, 0.25) is 5.88 Å². The zero-order chi connectivity index (χ0) is 14.2. The lowest BCUT2D eigenvalue weighted by Crippen LogP contribution is -2.18. The summed E-state index contributed by atoms with van der Waals surface area (Å²) in [6.07, 6.45) is 8.72. The Morgan fingerprint density at radius 1 is 1.35 bits per heavy atom. The van der Waals surface area contributed by atoms with Gasteiger partial charge in [-0.2, -0.15) is 0 Å². The van der Waals surface area contributed by atoms with Crippen LogP contribution in [0.4, 0.5) is 4.39 Å². The van der Waals surface area contributed by atoms with Gasteiger partial charge in [-0.3, -0.25) is 0 Å². The van der Waals surface area contributed by atoms with Gasteiger partial charge in [-0.1, -0.05) is 26.2 Å². The van der Waals surface area contributed by atoms with Gasteiger partial charge in [-0.25, -0.2) is 9.37 Å². The summed E-state index contributed by atoms with van der Waals surface area (Å²) in [5, 5.41) is 3.27. The molecule has 1 aliphatic rings. The van der Waals surface area contributed by atoms with Gasteiger partial charge >= 0.3 is 0 Å². The Morgan fingerprint density at radius 2 is 2.15 bits per heavy atom. The number of rotatable bonds is 7. The second-order valence-corrected chi connectivity index (χ2v) is 5.61. The van der Waals surface area contributed by atoms with Gasteiger partial charge < -0.3 is 10.1 Å². The Bertz CT molecular complexity index is 405. The minimum absolute atomic E-state index is 0.302. The summed E-state index contributed by atoms with van der Waals surface area (Å²) >= 11 is 0. The van der Waals surface area contributed by atoms with E-state index in [1.807, 2.05) is 0 Å². The number of halogens is 1. The van der Waals surface area contributed by atoms with Gasteiger partial charge in [-0.15, -0.1) is 0 Å². The molecule has 4 heteroatoms. The number of nitrogens with zero attached hydrogens (tertiary/aromatic N) is 1. The van der Waals surface area contributed by atoms with Crippen LogP contribution in [0.15, 0.2) is 12.3 Å². The van der Waals surface area contributed by atoms with Crippen molar-refractivity contribution in [3.8, 4) is 5.88 Å².